The lowest BCUT2D eigenvalue weighted by Gasteiger charge is -2.23. The monoisotopic (exact) mass is 373 g/mol. The number of unbranched alkanes of at least 4 members (excludes halogenated alkanes) is 2. The van der Waals surface area contributed by atoms with Crippen LogP contribution >= 0.6 is 0 Å². The first-order chi connectivity index (χ1) is 13.0. The van der Waals surface area contributed by atoms with Gasteiger partial charge in [0.05, 0.1) is 17.7 Å². The van der Waals surface area contributed by atoms with E-state index in [1.807, 2.05) is 29.2 Å². The van der Waals surface area contributed by atoms with Crippen LogP contribution in [0.1, 0.15) is 67.8 Å². The van der Waals surface area contributed by atoms with Gasteiger partial charge in [0, 0.05) is 13.0 Å². The Morgan fingerprint density at radius 1 is 1.30 bits per heavy atom. The Balaban J connectivity index is 1.87. The van der Waals surface area contributed by atoms with E-state index < -0.39 is 12.1 Å². The van der Waals surface area contributed by atoms with Crippen molar-refractivity contribution in [1.29, 1.82) is 0 Å². The number of rotatable bonds is 11. The number of aliphatic hydroxyl groups excluding tert-OH is 1. The minimum Gasteiger partial charge on any atom is -0.478 e. The molecule has 1 fully saturated rings. The number of carboxylic acid groups (broad SMARTS) is 1. The third-order valence-electron chi connectivity index (χ3n) is 5.13. The van der Waals surface area contributed by atoms with Crippen molar-refractivity contribution in [2.24, 2.45) is 0 Å². The smallest absolute Gasteiger partial charge is 0.335 e. The summed E-state index contributed by atoms with van der Waals surface area (Å²) in [7, 11) is 0. The van der Waals surface area contributed by atoms with E-state index in [0.717, 1.165) is 44.1 Å². The quantitative estimate of drug-likeness (QED) is 0.457. The standard InChI is InChI=1S/C22H31NO4/c1-2-3-4-10-19(24)14-12-18-13-15-21(25)23(18)16-7-9-17-8-5-6-11-20(17)22(26)27/h5-6,8,11-12,14,18-19,24H,2-4,7,9-10,13,15-16H2,1H3,(H,26,27)/b14-12+/t18-,19?/m0/s1. The molecule has 2 N–H and O–H groups in total. The molecule has 1 saturated heterocycles. The first-order valence-corrected chi connectivity index (χ1v) is 10.00. The molecule has 1 aliphatic heterocycles. The molecule has 148 valence electrons. The van der Waals surface area contributed by atoms with Gasteiger partial charge in [0.2, 0.25) is 5.91 Å². The Kier molecular flexibility index (Phi) is 8.52. The fraction of sp³-hybridized carbons (Fsp3) is 0.545. The van der Waals surface area contributed by atoms with Crippen LogP contribution in [0.15, 0.2) is 36.4 Å². The van der Waals surface area contributed by atoms with E-state index in [0.29, 0.717) is 24.9 Å². The molecule has 1 heterocycles. The van der Waals surface area contributed by atoms with Crippen molar-refractivity contribution in [3.05, 3.63) is 47.5 Å². The molecular weight excluding hydrogens is 342 g/mol. The van der Waals surface area contributed by atoms with Gasteiger partial charge in [-0.3, -0.25) is 4.79 Å². The maximum absolute atomic E-state index is 12.2. The first kappa shape index (κ1) is 21.2. The molecule has 0 aliphatic carbocycles. The Labute approximate surface area is 161 Å². The number of nitrogens with zero attached hydrogens (tertiary/aromatic N) is 1. The number of amides is 1. The van der Waals surface area contributed by atoms with Gasteiger partial charge in [-0.15, -0.1) is 0 Å². The molecule has 27 heavy (non-hydrogen) atoms. The average Bonchev–Trinajstić information content (AvgIpc) is 3.00. The molecule has 0 radical (unpaired) electrons. The molecule has 0 saturated carbocycles. The number of benzene rings is 1. The molecule has 2 rings (SSSR count). The number of carboxylic acids is 1. The number of aromatic carboxylic acids is 1. The Morgan fingerprint density at radius 3 is 2.81 bits per heavy atom. The van der Waals surface area contributed by atoms with Crippen LogP contribution in [0, 0.1) is 0 Å². The van der Waals surface area contributed by atoms with Crippen molar-refractivity contribution in [3.63, 3.8) is 0 Å². The van der Waals surface area contributed by atoms with Gasteiger partial charge >= 0.3 is 5.97 Å². The number of carbonyl (C=O) groups excluding carboxylic acids is 1. The second-order valence-electron chi connectivity index (χ2n) is 7.21. The molecule has 0 spiro atoms. The summed E-state index contributed by atoms with van der Waals surface area (Å²) < 4.78 is 0. The summed E-state index contributed by atoms with van der Waals surface area (Å²) in [6.07, 6.45) is 10.0. The predicted octanol–water partition coefficient (Wildman–Crippen LogP) is 3.81. The molecule has 0 aromatic heterocycles. The first-order valence-electron chi connectivity index (χ1n) is 10.00. The summed E-state index contributed by atoms with van der Waals surface area (Å²) >= 11 is 0. The van der Waals surface area contributed by atoms with Crippen molar-refractivity contribution in [1.82, 2.24) is 4.90 Å². The van der Waals surface area contributed by atoms with Crippen LogP contribution in [0.4, 0.5) is 0 Å². The third kappa shape index (κ3) is 6.51. The topological polar surface area (TPSA) is 77.8 Å². The third-order valence-corrected chi connectivity index (χ3v) is 5.13. The van der Waals surface area contributed by atoms with E-state index in [-0.39, 0.29) is 11.9 Å². The Bertz CT molecular complexity index is 655. The number of likely N-dealkylation sites (tertiary alicyclic amines) is 1. The fourth-order valence-electron chi connectivity index (χ4n) is 3.59. The predicted molar refractivity (Wildman–Crippen MR) is 106 cm³/mol. The van der Waals surface area contributed by atoms with E-state index in [4.69, 9.17) is 0 Å². The molecule has 5 heteroatoms. The van der Waals surface area contributed by atoms with Crippen LogP contribution in [0.5, 0.6) is 0 Å². The van der Waals surface area contributed by atoms with E-state index in [1.165, 1.54) is 0 Å². The Morgan fingerprint density at radius 2 is 2.07 bits per heavy atom. The fourth-order valence-corrected chi connectivity index (χ4v) is 3.59. The van der Waals surface area contributed by atoms with Crippen molar-refractivity contribution < 1.29 is 19.8 Å². The van der Waals surface area contributed by atoms with E-state index >= 15 is 0 Å². The minimum atomic E-state index is -0.916. The molecule has 1 aliphatic rings. The molecule has 1 aromatic rings. The van der Waals surface area contributed by atoms with Gasteiger partial charge in [-0.25, -0.2) is 4.79 Å². The van der Waals surface area contributed by atoms with Crippen LogP contribution in [-0.4, -0.2) is 45.7 Å². The zero-order valence-corrected chi connectivity index (χ0v) is 16.1. The summed E-state index contributed by atoms with van der Waals surface area (Å²) in [5.41, 5.74) is 1.13. The second kappa shape index (κ2) is 10.9. The average molecular weight is 373 g/mol. The number of aryl methyl sites for hydroxylation is 1. The SMILES string of the molecule is CCCCCC(O)/C=C/[C@H]1CCC(=O)N1CCCc1ccccc1C(=O)O. The lowest BCUT2D eigenvalue weighted by molar-refractivity contribution is -0.128. The highest BCUT2D eigenvalue weighted by atomic mass is 16.4. The summed E-state index contributed by atoms with van der Waals surface area (Å²) in [6, 6.07) is 7.05. The normalized spacial score (nSPS) is 18.4. The highest BCUT2D eigenvalue weighted by molar-refractivity contribution is 5.89. The molecule has 1 aromatic carbocycles. The van der Waals surface area contributed by atoms with Gasteiger partial charge in [0.25, 0.3) is 0 Å². The zero-order chi connectivity index (χ0) is 19.6. The summed E-state index contributed by atoms with van der Waals surface area (Å²) in [6.45, 7) is 2.74. The largest absolute Gasteiger partial charge is 0.478 e. The van der Waals surface area contributed by atoms with E-state index in [9.17, 15) is 19.8 Å². The number of hydrogen-bond donors (Lipinski definition) is 2. The van der Waals surface area contributed by atoms with E-state index in [2.05, 4.69) is 6.92 Å². The lowest BCUT2D eigenvalue weighted by atomic mass is 10.0. The zero-order valence-electron chi connectivity index (χ0n) is 16.1. The lowest BCUT2D eigenvalue weighted by Crippen LogP contribution is -2.33. The van der Waals surface area contributed by atoms with Crippen molar-refractivity contribution in [3.8, 4) is 0 Å². The second-order valence-corrected chi connectivity index (χ2v) is 7.21. The molecule has 0 bridgehead atoms. The van der Waals surface area contributed by atoms with Crippen molar-refractivity contribution in [2.45, 2.75) is 70.4 Å². The van der Waals surface area contributed by atoms with Crippen LogP contribution in [-0.2, 0) is 11.2 Å². The van der Waals surface area contributed by atoms with Gasteiger partial charge in [-0.1, -0.05) is 56.5 Å². The summed E-state index contributed by atoms with van der Waals surface area (Å²) in [4.78, 5) is 25.3. The molecule has 1 amide bonds. The van der Waals surface area contributed by atoms with Crippen molar-refractivity contribution in [2.75, 3.05) is 6.54 Å². The highest BCUT2D eigenvalue weighted by Crippen LogP contribution is 2.21. The van der Waals surface area contributed by atoms with Crippen LogP contribution in [0.3, 0.4) is 0 Å². The van der Waals surface area contributed by atoms with Gasteiger partial charge in [0.15, 0.2) is 0 Å². The molecule has 2 atom stereocenters. The summed E-state index contributed by atoms with van der Waals surface area (Å²) in [5, 5.41) is 19.3. The van der Waals surface area contributed by atoms with Gasteiger partial charge in [-0.05, 0) is 37.3 Å². The van der Waals surface area contributed by atoms with E-state index in [1.54, 1.807) is 12.1 Å². The highest BCUT2D eigenvalue weighted by Gasteiger charge is 2.28. The number of carbonyl (C=O) groups is 2. The molecule has 5 nitrogen and oxygen atoms in total. The maximum atomic E-state index is 12.2. The maximum Gasteiger partial charge on any atom is 0.335 e. The molecular formula is C22H31NO4. The Hall–Kier alpha value is -2.14. The van der Waals surface area contributed by atoms with Crippen molar-refractivity contribution >= 4 is 11.9 Å². The number of aliphatic hydroxyl groups is 1. The van der Waals surface area contributed by atoms with Crippen LogP contribution in [0.2, 0.25) is 0 Å². The summed E-state index contributed by atoms with van der Waals surface area (Å²) in [5.74, 6) is -0.780. The number of hydrogen-bond acceptors (Lipinski definition) is 3. The van der Waals surface area contributed by atoms with Gasteiger partial charge < -0.3 is 15.1 Å². The van der Waals surface area contributed by atoms with Crippen LogP contribution in [0.25, 0.3) is 0 Å². The van der Waals surface area contributed by atoms with Gasteiger partial charge in [-0.2, -0.15) is 0 Å². The van der Waals surface area contributed by atoms with Gasteiger partial charge in [0.1, 0.15) is 0 Å². The minimum absolute atomic E-state index is 0.0352. The van der Waals surface area contributed by atoms with Crippen LogP contribution < -0.4 is 0 Å². The molecule has 1 unspecified atom stereocenters.